The van der Waals surface area contributed by atoms with Crippen LogP contribution < -0.4 is 10.2 Å². The first-order valence-corrected chi connectivity index (χ1v) is 13.4. The summed E-state index contributed by atoms with van der Waals surface area (Å²) >= 11 is 5.95. The summed E-state index contributed by atoms with van der Waals surface area (Å²) in [6.45, 7) is 1.98. The van der Waals surface area contributed by atoms with Gasteiger partial charge in [0, 0.05) is 38.0 Å². The molecule has 8 nitrogen and oxygen atoms in total. The molecule has 1 atom stereocenters. The van der Waals surface area contributed by atoms with Crippen LogP contribution in [0, 0.1) is 11.6 Å². The Morgan fingerprint density at radius 1 is 1.06 bits per heavy atom. The zero-order valence-corrected chi connectivity index (χ0v) is 20.2. The summed E-state index contributed by atoms with van der Waals surface area (Å²) < 4.78 is 52.2. The Morgan fingerprint density at radius 3 is 2.47 bits per heavy atom. The molecule has 1 aromatic carbocycles. The molecule has 34 heavy (non-hydrogen) atoms. The molecule has 2 aliphatic rings. The lowest BCUT2D eigenvalue weighted by Gasteiger charge is -2.39. The van der Waals surface area contributed by atoms with Gasteiger partial charge >= 0.3 is 0 Å². The molecule has 0 bridgehead atoms. The van der Waals surface area contributed by atoms with Gasteiger partial charge in [-0.3, -0.25) is 9.78 Å². The zero-order valence-electron chi connectivity index (χ0n) is 18.7. The lowest BCUT2D eigenvalue weighted by atomic mass is 10.0. The molecule has 1 N–H and O–H groups in total. The maximum atomic E-state index is 14.6. The summed E-state index contributed by atoms with van der Waals surface area (Å²) in [5.74, 6) is -1.43. The van der Waals surface area contributed by atoms with Crippen LogP contribution in [0.15, 0.2) is 29.4 Å². The Labute approximate surface area is 202 Å². The van der Waals surface area contributed by atoms with Crippen LogP contribution in [0.4, 0.5) is 20.3 Å². The van der Waals surface area contributed by atoms with Crippen molar-refractivity contribution in [3.8, 4) is 0 Å². The van der Waals surface area contributed by atoms with Crippen molar-refractivity contribution in [2.45, 2.75) is 49.1 Å². The number of hydrogen-bond donors (Lipinski definition) is 1. The molecule has 0 aliphatic carbocycles. The highest BCUT2D eigenvalue weighted by molar-refractivity contribution is 7.90. The summed E-state index contributed by atoms with van der Waals surface area (Å²) in [5.41, 5.74) is -0.223. The van der Waals surface area contributed by atoms with Gasteiger partial charge in [-0.2, -0.15) is 0 Å². The van der Waals surface area contributed by atoms with Crippen LogP contribution in [-0.2, 0) is 14.6 Å². The number of carbonyl (C=O) groups is 1. The van der Waals surface area contributed by atoms with Crippen molar-refractivity contribution < 1.29 is 22.0 Å². The van der Waals surface area contributed by atoms with Crippen LogP contribution in [0.3, 0.4) is 0 Å². The molecule has 184 valence electrons. The normalized spacial score (nSPS) is 20.4. The smallest absolute Gasteiger partial charge is 0.245 e. The number of nitrogens with one attached hydrogen (secondary N) is 1. The van der Waals surface area contributed by atoms with Gasteiger partial charge in [-0.05, 0) is 38.2 Å². The van der Waals surface area contributed by atoms with Crippen LogP contribution in [-0.4, -0.2) is 67.2 Å². The highest BCUT2D eigenvalue weighted by Gasteiger charge is 2.34. The largest absolute Gasteiger partial charge is 0.371 e. The van der Waals surface area contributed by atoms with E-state index in [1.54, 1.807) is 6.20 Å². The summed E-state index contributed by atoms with van der Waals surface area (Å²) in [6.07, 6.45) is 7.46. The third-order valence-electron chi connectivity index (χ3n) is 6.30. The monoisotopic (exact) mass is 513 g/mol. The number of aromatic nitrogens is 2. The van der Waals surface area contributed by atoms with E-state index in [2.05, 4.69) is 20.2 Å². The van der Waals surface area contributed by atoms with Crippen molar-refractivity contribution in [2.24, 2.45) is 0 Å². The maximum absolute atomic E-state index is 14.6. The lowest BCUT2D eigenvalue weighted by Crippen LogP contribution is -2.51. The predicted molar refractivity (Wildman–Crippen MR) is 125 cm³/mol. The van der Waals surface area contributed by atoms with Gasteiger partial charge in [0.1, 0.15) is 33.5 Å². The third-order valence-corrected chi connectivity index (χ3v) is 7.59. The minimum absolute atomic E-state index is 0.0208. The highest BCUT2D eigenvalue weighted by atomic mass is 35.5. The third kappa shape index (κ3) is 5.41. The molecule has 1 unspecified atom stereocenters. The molecule has 0 radical (unpaired) electrons. The molecule has 12 heteroatoms. The number of rotatable bonds is 5. The number of piperidine rings is 1. The first kappa shape index (κ1) is 24.6. The summed E-state index contributed by atoms with van der Waals surface area (Å²) in [4.78, 5) is 24.9. The fourth-order valence-electron chi connectivity index (χ4n) is 4.56. The minimum atomic E-state index is -3.91. The van der Waals surface area contributed by atoms with Crippen molar-refractivity contribution in [3.63, 3.8) is 0 Å². The summed E-state index contributed by atoms with van der Waals surface area (Å²) in [5, 5.41) is 3.15. The number of sulfone groups is 1. The quantitative estimate of drug-likeness (QED) is 0.655. The van der Waals surface area contributed by atoms with E-state index in [0.29, 0.717) is 43.1 Å². The van der Waals surface area contributed by atoms with Crippen LogP contribution in [0.5, 0.6) is 0 Å². The van der Waals surface area contributed by atoms with Gasteiger partial charge in [0.15, 0.2) is 9.84 Å². The average molecular weight is 514 g/mol. The van der Waals surface area contributed by atoms with Gasteiger partial charge < -0.3 is 15.1 Å². The van der Waals surface area contributed by atoms with Crippen molar-refractivity contribution >= 4 is 38.9 Å². The number of benzene rings is 1. The first-order chi connectivity index (χ1) is 16.1. The van der Waals surface area contributed by atoms with Crippen LogP contribution in [0.1, 0.15) is 32.1 Å². The SMILES string of the molecule is CS(=O)(=O)c1cc(F)c(NC2CCCCN(C3CCN(c4cncc(Cl)n4)CC3)C2=O)cc1F. The van der Waals surface area contributed by atoms with Gasteiger partial charge in [0.05, 0.1) is 18.1 Å². The van der Waals surface area contributed by atoms with Crippen molar-refractivity contribution in [3.05, 3.63) is 41.3 Å². The van der Waals surface area contributed by atoms with Crippen LogP contribution in [0.25, 0.3) is 0 Å². The topological polar surface area (TPSA) is 95.5 Å². The van der Waals surface area contributed by atoms with Crippen LogP contribution in [0.2, 0.25) is 5.15 Å². The second kappa shape index (κ2) is 9.99. The molecule has 2 saturated heterocycles. The fourth-order valence-corrected chi connectivity index (χ4v) is 5.44. The van der Waals surface area contributed by atoms with E-state index in [9.17, 15) is 22.0 Å². The number of likely N-dealkylation sites (tertiary alicyclic amines) is 1. The molecule has 1 aromatic heterocycles. The minimum Gasteiger partial charge on any atom is -0.371 e. The van der Waals surface area contributed by atoms with Gasteiger partial charge in [0.25, 0.3) is 0 Å². The molecular weight excluding hydrogens is 488 g/mol. The van der Waals surface area contributed by atoms with Crippen LogP contribution >= 0.6 is 11.6 Å². The molecule has 2 fully saturated rings. The first-order valence-electron chi connectivity index (χ1n) is 11.1. The number of anilines is 2. The van der Waals surface area contributed by atoms with Crippen molar-refractivity contribution in [1.82, 2.24) is 14.9 Å². The number of carbonyl (C=O) groups excluding carboxylic acids is 1. The fraction of sp³-hybridized carbons (Fsp3) is 0.500. The van der Waals surface area contributed by atoms with Crippen molar-refractivity contribution in [2.75, 3.05) is 36.1 Å². The van der Waals surface area contributed by atoms with Gasteiger partial charge in [-0.15, -0.1) is 0 Å². The maximum Gasteiger partial charge on any atom is 0.245 e. The van der Waals surface area contributed by atoms with Crippen molar-refractivity contribution in [1.29, 1.82) is 0 Å². The molecule has 0 saturated carbocycles. The zero-order chi connectivity index (χ0) is 24.5. The molecule has 2 aromatic rings. The molecule has 1 amide bonds. The Morgan fingerprint density at radius 2 is 1.79 bits per heavy atom. The second-order valence-electron chi connectivity index (χ2n) is 8.68. The molecule has 0 spiro atoms. The van der Waals surface area contributed by atoms with E-state index in [1.165, 1.54) is 6.20 Å². The summed E-state index contributed by atoms with van der Waals surface area (Å²) in [6, 6.07) is 0.754. The Bertz CT molecular complexity index is 1180. The van der Waals surface area contributed by atoms with Gasteiger partial charge in [0.2, 0.25) is 5.91 Å². The molecule has 3 heterocycles. The summed E-state index contributed by atoms with van der Waals surface area (Å²) in [7, 11) is -3.91. The lowest BCUT2D eigenvalue weighted by molar-refractivity contribution is -0.134. The Kier molecular flexibility index (Phi) is 7.22. The molecule has 4 rings (SSSR count). The van der Waals surface area contributed by atoms with E-state index < -0.39 is 32.4 Å². The van der Waals surface area contributed by atoms with Gasteiger partial charge in [-0.1, -0.05) is 11.6 Å². The van der Waals surface area contributed by atoms with E-state index in [1.807, 2.05) is 4.90 Å². The highest BCUT2D eigenvalue weighted by Crippen LogP contribution is 2.28. The number of nitrogens with zero attached hydrogens (tertiary/aromatic N) is 4. The number of halogens is 3. The Hall–Kier alpha value is -2.53. The number of hydrogen-bond acceptors (Lipinski definition) is 7. The standard InChI is InChI=1S/C22H26ClF2N5O3S/c1-34(32,33)19-11-15(24)18(10-16(19)25)27-17-4-2-3-7-30(22(17)31)14-5-8-29(9-6-14)21-13-26-12-20(23)28-21/h10-14,17,27H,2-9H2,1H3. The average Bonchev–Trinajstić information content (AvgIpc) is 2.97. The van der Waals surface area contributed by atoms with E-state index in [-0.39, 0.29) is 17.6 Å². The predicted octanol–water partition coefficient (Wildman–Crippen LogP) is 3.27. The Balaban J connectivity index is 1.45. The molecule has 2 aliphatic heterocycles. The number of amides is 1. The van der Waals surface area contributed by atoms with Gasteiger partial charge in [-0.25, -0.2) is 22.2 Å². The second-order valence-corrected chi connectivity index (χ2v) is 11.0. The molecular formula is C22H26ClF2N5O3S. The van der Waals surface area contributed by atoms with E-state index in [4.69, 9.17) is 11.6 Å². The van der Waals surface area contributed by atoms with E-state index in [0.717, 1.165) is 38.0 Å². The van der Waals surface area contributed by atoms with E-state index >= 15 is 0 Å².